The van der Waals surface area contributed by atoms with Gasteiger partial charge in [0, 0.05) is 30.8 Å². The van der Waals surface area contributed by atoms with Crippen molar-refractivity contribution in [1.82, 2.24) is 29.4 Å². The van der Waals surface area contributed by atoms with Crippen molar-refractivity contribution < 1.29 is 4.74 Å². The summed E-state index contributed by atoms with van der Waals surface area (Å²) in [7, 11) is 1.69. The summed E-state index contributed by atoms with van der Waals surface area (Å²) in [5.74, 6) is 1.70. The van der Waals surface area contributed by atoms with Gasteiger partial charge in [-0.05, 0) is 20.8 Å². The molecular weight excluding hydrogens is 366 g/mol. The standard InChI is InChI=1S/C21H25N7O/c1-14-15(2)26-28-19(12-18(24-20(14)28)17-8-6-5-7-9-17)23-16(3)21-25-22-13-27(21)10-11-29-4/h5-9,12-13,16,23H,10-11H2,1-4H3/t16-/m1/s1. The van der Waals surface area contributed by atoms with Crippen LogP contribution in [0.4, 0.5) is 5.82 Å². The third-order valence-corrected chi connectivity index (χ3v) is 5.06. The first kappa shape index (κ1) is 19.1. The average Bonchev–Trinajstić information content (AvgIpc) is 3.32. The quantitative estimate of drug-likeness (QED) is 0.520. The maximum atomic E-state index is 5.19. The number of fused-ring (bicyclic) bond motifs is 1. The van der Waals surface area contributed by atoms with E-state index >= 15 is 0 Å². The van der Waals surface area contributed by atoms with E-state index in [0.29, 0.717) is 13.2 Å². The van der Waals surface area contributed by atoms with Crippen LogP contribution in [0.2, 0.25) is 0 Å². The average molecular weight is 391 g/mol. The molecule has 0 aliphatic carbocycles. The zero-order valence-corrected chi connectivity index (χ0v) is 17.1. The minimum absolute atomic E-state index is 0.0756. The Labute approximate surface area is 169 Å². The van der Waals surface area contributed by atoms with Crippen LogP contribution in [0.25, 0.3) is 16.9 Å². The number of rotatable bonds is 7. The van der Waals surface area contributed by atoms with Gasteiger partial charge in [-0.3, -0.25) is 0 Å². The van der Waals surface area contributed by atoms with E-state index in [1.165, 1.54) is 0 Å². The highest BCUT2D eigenvalue weighted by Gasteiger charge is 2.18. The smallest absolute Gasteiger partial charge is 0.161 e. The first-order valence-corrected chi connectivity index (χ1v) is 9.64. The lowest BCUT2D eigenvalue weighted by atomic mass is 10.1. The normalized spacial score (nSPS) is 12.4. The molecule has 3 heterocycles. The van der Waals surface area contributed by atoms with Gasteiger partial charge in [0.25, 0.3) is 0 Å². The lowest BCUT2D eigenvalue weighted by molar-refractivity contribution is 0.186. The van der Waals surface area contributed by atoms with E-state index in [2.05, 4.69) is 39.7 Å². The van der Waals surface area contributed by atoms with Gasteiger partial charge in [0.15, 0.2) is 11.5 Å². The summed E-state index contributed by atoms with van der Waals surface area (Å²) >= 11 is 0. The Morgan fingerprint density at radius 3 is 2.72 bits per heavy atom. The number of ether oxygens (including phenoxy) is 1. The van der Waals surface area contributed by atoms with Crippen molar-refractivity contribution in [1.29, 1.82) is 0 Å². The van der Waals surface area contributed by atoms with E-state index in [4.69, 9.17) is 9.72 Å². The van der Waals surface area contributed by atoms with Crippen molar-refractivity contribution in [3.63, 3.8) is 0 Å². The summed E-state index contributed by atoms with van der Waals surface area (Å²) < 4.78 is 9.05. The SMILES string of the molecule is COCCn1cnnc1[C@@H](C)Nc1cc(-c2ccccc2)nc2c(C)c(C)nn12. The molecule has 0 amide bonds. The molecule has 3 aromatic heterocycles. The molecular formula is C21H25N7O. The Morgan fingerprint density at radius 2 is 1.97 bits per heavy atom. The molecule has 0 bridgehead atoms. The lowest BCUT2D eigenvalue weighted by Crippen LogP contribution is -2.17. The number of nitrogens with one attached hydrogen (secondary N) is 1. The lowest BCUT2D eigenvalue weighted by Gasteiger charge is -2.17. The Balaban J connectivity index is 1.75. The molecule has 8 heteroatoms. The van der Waals surface area contributed by atoms with Crippen molar-refractivity contribution in [3.8, 4) is 11.3 Å². The van der Waals surface area contributed by atoms with E-state index < -0.39 is 0 Å². The van der Waals surface area contributed by atoms with Gasteiger partial charge in [-0.2, -0.15) is 9.61 Å². The number of nitrogens with zero attached hydrogens (tertiary/aromatic N) is 6. The topological polar surface area (TPSA) is 82.2 Å². The van der Waals surface area contributed by atoms with Gasteiger partial charge >= 0.3 is 0 Å². The number of anilines is 1. The number of benzene rings is 1. The Morgan fingerprint density at radius 1 is 1.17 bits per heavy atom. The molecule has 4 rings (SSSR count). The van der Waals surface area contributed by atoms with E-state index in [1.54, 1.807) is 13.4 Å². The molecule has 0 saturated heterocycles. The van der Waals surface area contributed by atoms with E-state index in [1.807, 2.05) is 47.2 Å². The second-order valence-electron chi connectivity index (χ2n) is 7.08. The van der Waals surface area contributed by atoms with Crippen LogP contribution in [0.1, 0.15) is 30.0 Å². The molecule has 8 nitrogen and oxygen atoms in total. The summed E-state index contributed by atoms with van der Waals surface area (Å²) in [5, 5.41) is 16.6. The third kappa shape index (κ3) is 3.71. The monoisotopic (exact) mass is 391 g/mol. The molecule has 4 aromatic rings. The van der Waals surface area contributed by atoms with Crippen LogP contribution >= 0.6 is 0 Å². The van der Waals surface area contributed by atoms with Gasteiger partial charge in [0.1, 0.15) is 12.1 Å². The van der Waals surface area contributed by atoms with E-state index in [9.17, 15) is 0 Å². The van der Waals surface area contributed by atoms with Crippen LogP contribution in [0.15, 0.2) is 42.7 Å². The van der Waals surface area contributed by atoms with Gasteiger partial charge in [-0.1, -0.05) is 30.3 Å². The van der Waals surface area contributed by atoms with Crippen LogP contribution < -0.4 is 5.32 Å². The summed E-state index contributed by atoms with van der Waals surface area (Å²) in [6, 6.07) is 12.1. The van der Waals surface area contributed by atoms with E-state index in [-0.39, 0.29) is 6.04 Å². The fraction of sp³-hybridized carbons (Fsp3) is 0.333. The maximum absolute atomic E-state index is 5.19. The predicted octanol–water partition coefficient (Wildman–Crippen LogP) is 3.42. The number of aromatic nitrogens is 6. The van der Waals surface area contributed by atoms with Crippen LogP contribution in [-0.2, 0) is 11.3 Å². The number of hydrogen-bond donors (Lipinski definition) is 1. The summed E-state index contributed by atoms with van der Waals surface area (Å²) in [5.41, 5.74) is 4.84. The molecule has 29 heavy (non-hydrogen) atoms. The maximum Gasteiger partial charge on any atom is 0.161 e. The number of aryl methyl sites for hydroxylation is 2. The molecule has 0 fully saturated rings. The van der Waals surface area contributed by atoms with Crippen molar-refractivity contribution in [2.75, 3.05) is 19.0 Å². The fourth-order valence-corrected chi connectivity index (χ4v) is 3.34. The molecule has 0 saturated carbocycles. The van der Waals surface area contributed by atoms with Crippen molar-refractivity contribution in [2.24, 2.45) is 0 Å². The first-order valence-electron chi connectivity index (χ1n) is 9.64. The molecule has 0 unspecified atom stereocenters. The number of methoxy groups -OCH3 is 1. The van der Waals surface area contributed by atoms with Gasteiger partial charge in [-0.25, -0.2) is 4.98 Å². The molecule has 1 atom stereocenters. The third-order valence-electron chi connectivity index (χ3n) is 5.06. The predicted molar refractivity (Wildman–Crippen MR) is 112 cm³/mol. The highest BCUT2D eigenvalue weighted by molar-refractivity contribution is 5.68. The summed E-state index contributed by atoms with van der Waals surface area (Å²) in [4.78, 5) is 4.87. The van der Waals surface area contributed by atoms with Crippen LogP contribution in [-0.4, -0.2) is 43.1 Å². The zero-order valence-electron chi connectivity index (χ0n) is 17.1. The molecule has 150 valence electrons. The van der Waals surface area contributed by atoms with Crippen LogP contribution in [0.5, 0.6) is 0 Å². The summed E-state index contributed by atoms with van der Waals surface area (Å²) in [6.07, 6.45) is 1.73. The fourth-order valence-electron chi connectivity index (χ4n) is 3.34. The van der Waals surface area contributed by atoms with Crippen molar-refractivity contribution in [3.05, 3.63) is 59.8 Å². The second kappa shape index (κ2) is 8.00. The Hall–Kier alpha value is -3.26. The highest BCUT2D eigenvalue weighted by atomic mass is 16.5. The molecule has 0 aliphatic rings. The van der Waals surface area contributed by atoms with Gasteiger partial charge < -0.3 is 14.6 Å². The Kier molecular flexibility index (Phi) is 5.26. The van der Waals surface area contributed by atoms with Crippen molar-refractivity contribution >= 4 is 11.5 Å². The minimum atomic E-state index is -0.0756. The van der Waals surface area contributed by atoms with Crippen molar-refractivity contribution in [2.45, 2.75) is 33.4 Å². The minimum Gasteiger partial charge on any atom is -0.383 e. The molecule has 0 radical (unpaired) electrons. The van der Waals surface area contributed by atoms with E-state index in [0.717, 1.165) is 39.8 Å². The van der Waals surface area contributed by atoms with Gasteiger partial charge in [0.2, 0.25) is 0 Å². The molecule has 0 aliphatic heterocycles. The molecule has 1 N–H and O–H groups in total. The molecule has 0 spiro atoms. The van der Waals surface area contributed by atoms with Crippen LogP contribution in [0.3, 0.4) is 0 Å². The van der Waals surface area contributed by atoms with Gasteiger partial charge in [-0.15, -0.1) is 10.2 Å². The highest BCUT2D eigenvalue weighted by Crippen LogP contribution is 2.27. The molecule has 1 aromatic carbocycles. The first-order chi connectivity index (χ1) is 14.1. The van der Waals surface area contributed by atoms with Gasteiger partial charge in [0.05, 0.1) is 24.0 Å². The summed E-state index contributed by atoms with van der Waals surface area (Å²) in [6.45, 7) is 7.42. The second-order valence-corrected chi connectivity index (χ2v) is 7.08. The van der Waals surface area contributed by atoms with Crippen LogP contribution in [0, 0.1) is 13.8 Å². The largest absolute Gasteiger partial charge is 0.383 e. The zero-order chi connectivity index (χ0) is 20.4. The Bertz CT molecular complexity index is 1120. The number of hydrogen-bond acceptors (Lipinski definition) is 6.